The van der Waals surface area contributed by atoms with Gasteiger partial charge in [0.1, 0.15) is 11.5 Å². The molecule has 0 fully saturated rings. The van der Waals surface area contributed by atoms with Crippen molar-refractivity contribution in [1.29, 1.82) is 0 Å². The number of carbonyl (C=O) groups is 1. The molecule has 1 amide bonds. The number of carbonyl (C=O) groups excluding carboxylic acids is 1. The Balaban J connectivity index is 2.04. The lowest BCUT2D eigenvalue weighted by atomic mass is 10.1. The third-order valence-electron chi connectivity index (χ3n) is 3.16. The Morgan fingerprint density at radius 2 is 1.87 bits per heavy atom. The first-order valence-corrected chi connectivity index (χ1v) is 7.09. The number of benzene rings is 2. The number of amides is 1. The highest BCUT2D eigenvalue weighted by Crippen LogP contribution is 2.24. The van der Waals surface area contributed by atoms with Crippen molar-refractivity contribution in [2.75, 3.05) is 0 Å². The molecule has 0 saturated carbocycles. The van der Waals surface area contributed by atoms with Crippen LogP contribution in [0, 0.1) is 0 Å². The van der Waals surface area contributed by atoms with Gasteiger partial charge in [-0.3, -0.25) is 4.79 Å². The zero-order valence-corrected chi connectivity index (χ0v) is 12.8. The van der Waals surface area contributed by atoms with Gasteiger partial charge in [0.05, 0.1) is 11.1 Å². The summed E-state index contributed by atoms with van der Waals surface area (Å²) in [5.41, 5.74) is 1.03. The minimum Gasteiger partial charge on any atom is -0.506 e. The number of ether oxygens (including phenoxy) is 1. The van der Waals surface area contributed by atoms with E-state index in [9.17, 15) is 18.7 Å². The normalized spacial score (nSPS) is 12.0. The highest BCUT2D eigenvalue weighted by atomic mass is 35.5. The number of rotatable bonds is 5. The average molecular weight is 342 g/mol. The van der Waals surface area contributed by atoms with Gasteiger partial charge in [0.25, 0.3) is 5.91 Å². The van der Waals surface area contributed by atoms with Gasteiger partial charge in [-0.1, -0.05) is 23.7 Å². The van der Waals surface area contributed by atoms with E-state index in [4.69, 9.17) is 11.6 Å². The van der Waals surface area contributed by atoms with Gasteiger partial charge in [0, 0.05) is 5.56 Å². The maximum absolute atomic E-state index is 12.1. The lowest BCUT2D eigenvalue weighted by Crippen LogP contribution is -2.26. The van der Waals surface area contributed by atoms with E-state index in [0.29, 0.717) is 5.56 Å². The number of phenols is 1. The first kappa shape index (κ1) is 17.0. The molecule has 122 valence electrons. The van der Waals surface area contributed by atoms with Crippen LogP contribution in [-0.4, -0.2) is 17.6 Å². The molecule has 0 spiro atoms. The topological polar surface area (TPSA) is 58.6 Å². The quantitative estimate of drug-likeness (QED) is 0.859. The maximum Gasteiger partial charge on any atom is 0.387 e. The second-order valence-electron chi connectivity index (χ2n) is 4.81. The highest BCUT2D eigenvalue weighted by molar-refractivity contribution is 6.32. The van der Waals surface area contributed by atoms with Crippen LogP contribution < -0.4 is 10.1 Å². The molecular formula is C16H14ClF2NO3. The lowest BCUT2D eigenvalue weighted by molar-refractivity contribution is -0.0498. The minimum absolute atomic E-state index is 0.0487. The van der Waals surface area contributed by atoms with E-state index < -0.39 is 6.61 Å². The van der Waals surface area contributed by atoms with E-state index in [1.54, 1.807) is 19.1 Å². The summed E-state index contributed by atoms with van der Waals surface area (Å²) < 4.78 is 28.4. The van der Waals surface area contributed by atoms with Crippen molar-refractivity contribution in [2.45, 2.75) is 19.6 Å². The minimum atomic E-state index is -2.88. The molecule has 2 aromatic rings. The fourth-order valence-electron chi connectivity index (χ4n) is 1.95. The Morgan fingerprint density at radius 1 is 1.22 bits per heavy atom. The summed E-state index contributed by atoms with van der Waals surface area (Å²) in [6, 6.07) is 9.78. The fourth-order valence-corrected chi connectivity index (χ4v) is 2.13. The number of hydrogen-bond donors (Lipinski definition) is 2. The molecule has 7 heteroatoms. The molecule has 23 heavy (non-hydrogen) atoms. The predicted molar refractivity (Wildman–Crippen MR) is 82.1 cm³/mol. The van der Waals surface area contributed by atoms with Crippen molar-refractivity contribution in [1.82, 2.24) is 5.32 Å². The summed E-state index contributed by atoms with van der Waals surface area (Å²) in [6.07, 6.45) is 0. The largest absolute Gasteiger partial charge is 0.506 e. The van der Waals surface area contributed by atoms with Crippen LogP contribution in [-0.2, 0) is 0 Å². The van der Waals surface area contributed by atoms with E-state index in [1.807, 2.05) is 0 Å². The second kappa shape index (κ2) is 7.28. The van der Waals surface area contributed by atoms with Gasteiger partial charge in [-0.15, -0.1) is 0 Å². The maximum atomic E-state index is 12.1. The van der Waals surface area contributed by atoms with Gasteiger partial charge in [0.15, 0.2) is 0 Å². The molecule has 2 rings (SSSR count). The number of aromatic hydroxyl groups is 1. The lowest BCUT2D eigenvalue weighted by Gasteiger charge is -2.15. The molecule has 0 radical (unpaired) electrons. The summed E-state index contributed by atoms with van der Waals surface area (Å²) >= 11 is 5.77. The first-order chi connectivity index (χ1) is 10.9. The van der Waals surface area contributed by atoms with Gasteiger partial charge < -0.3 is 15.2 Å². The monoisotopic (exact) mass is 341 g/mol. The van der Waals surface area contributed by atoms with Crippen LogP contribution in [0.1, 0.15) is 28.9 Å². The Kier molecular flexibility index (Phi) is 5.39. The third kappa shape index (κ3) is 4.56. The average Bonchev–Trinajstić information content (AvgIpc) is 2.50. The molecule has 0 aromatic heterocycles. The van der Waals surface area contributed by atoms with Crippen molar-refractivity contribution in [3.63, 3.8) is 0 Å². The summed E-state index contributed by atoms with van der Waals surface area (Å²) in [5, 5.41) is 12.2. The first-order valence-electron chi connectivity index (χ1n) is 6.71. The molecule has 0 aliphatic carbocycles. The zero-order valence-electron chi connectivity index (χ0n) is 12.1. The highest BCUT2D eigenvalue weighted by Gasteiger charge is 2.13. The van der Waals surface area contributed by atoms with E-state index in [1.165, 1.54) is 30.3 Å². The zero-order chi connectivity index (χ0) is 17.0. The molecule has 0 aliphatic heterocycles. The van der Waals surface area contributed by atoms with Gasteiger partial charge in [0.2, 0.25) is 0 Å². The van der Waals surface area contributed by atoms with E-state index in [2.05, 4.69) is 10.1 Å². The molecule has 2 aromatic carbocycles. The van der Waals surface area contributed by atoms with Gasteiger partial charge in [-0.2, -0.15) is 8.78 Å². The van der Waals surface area contributed by atoms with Gasteiger partial charge >= 0.3 is 6.61 Å². The molecule has 2 N–H and O–H groups in total. The summed E-state index contributed by atoms with van der Waals surface area (Å²) in [5.74, 6) is -0.425. The number of alkyl halides is 2. The molecule has 0 bridgehead atoms. The summed E-state index contributed by atoms with van der Waals surface area (Å²) in [6.45, 7) is -1.12. The van der Waals surface area contributed by atoms with Crippen molar-refractivity contribution >= 4 is 17.5 Å². The molecule has 1 atom stereocenters. The van der Waals surface area contributed by atoms with E-state index in [-0.39, 0.29) is 28.5 Å². The Hall–Kier alpha value is -2.34. The number of halogens is 3. The van der Waals surface area contributed by atoms with Crippen molar-refractivity contribution in [2.24, 2.45) is 0 Å². The molecule has 0 heterocycles. The Morgan fingerprint density at radius 3 is 2.43 bits per heavy atom. The van der Waals surface area contributed by atoms with E-state index >= 15 is 0 Å². The Labute approximate surface area is 136 Å². The van der Waals surface area contributed by atoms with Crippen LogP contribution in [0.15, 0.2) is 42.5 Å². The van der Waals surface area contributed by atoms with E-state index in [0.717, 1.165) is 5.56 Å². The number of phenolic OH excluding ortho intramolecular Hbond substituents is 1. The van der Waals surface area contributed by atoms with Crippen LogP contribution in [0.2, 0.25) is 5.02 Å². The van der Waals surface area contributed by atoms with Crippen LogP contribution >= 0.6 is 11.6 Å². The fraction of sp³-hybridized carbons (Fsp3) is 0.188. The van der Waals surface area contributed by atoms with Crippen LogP contribution in [0.4, 0.5) is 8.78 Å². The van der Waals surface area contributed by atoms with Crippen molar-refractivity contribution in [3.8, 4) is 11.5 Å². The third-order valence-corrected chi connectivity index (χ3v) is 3.47. The standard InChI is InChI=1S/C16H14ClF2NO3/c1-9(10-2-5-12(6-3-10)23-16(18)19)20-15(22)11-4-7-14(21)13(17)8-11/h2-9,16,21H,1H3,(H,20,22)/t9-/m0/s1. The molecule has 0 aliphatic rings. The van der Waals surface area contributed by atoms with Crippen LogP contribution in [0.3, 0.4) is 0 Å². The Bertz CT molecular complexity index is 692. The van der Waals surface area contributed by atoms with Crippen LogP contribution in [0.5, 0.6) is 11.5 Å². The molecule has 0 unspecified atom stereocenters. The van der Waals surface area contributed by atoms with Crippen LogP contribution in [0.25, 0.3) is 0 Å². The molecular weight excluding hydrogens is 328 g/mol. The van der Waals surface area contributed by atoms with Gasteiger partial charge in [-0.25, -0.2) is 0 Å². The second-order valence-corrected chi connectivity index (χ2v) is 5.22. The predicted octanol–water partition coefficient (Wildman–Crippen LogP) is 4.14. The number of hydrogen-bond acceptors (Lipinski definition) is 3. The SMILES string of the molecule is C[C@H](NC(=O)c1ccc(O)c(Cl)c1)c1ccc(OC(F)F)cc1. The molecule has 0 saturated heterocycles. The van der Waals surface area contributed by atoms with Crippen molar-refractivity contribution < 1.29 is 23.4 Å². The number of nitrogens with one attached hydrogen (secondary N) is 1. The molecule has 4 nitrogen and oxygen atoms in total. The summed E-state index contributed by atoms with van der Waals surface area (Å²) in [7, 11) is 0. The van der Waals surface area contributed by atoms with Crippen molar-refractivity contribution in [3.05, 3.63) is 58.6 Å². The van der Waals surface area contributed by atoms with Gasteiger partial charge in [-0.05, 0) is 42.8 Å². The smallest absolute Gasteiger partial charge is 0.387 e. The summed E-state index contributed by atoms with van der Waals surface area (Å²) in [4.78, 5) is 12.1.